The van der Waals surface area contributed by atoms with E-state index in [2.05, 4.69) is 10.3 Å². The normalized spacial score (nSPS) is 10.5. The lowest BCUT2D eigenvalue weighted by Crippen LogP contribution is -2.26. The van der Waals surface area contributed by atoms with Crippen LogP contribution in [0.3, 0.4) is 0 Å². The maximum atomic E-state index is 12.2. The summed E-state index contributed by atoms with van der Waals surface area (Å²) in [6, 6.07) is 12.6. The lowest BCUT2D eigenvalue weighted by atomic mass is 9.99. The number of carbonyl (C=O) groups excluding carboxylic acids is 1. The number of nitrogens with two attached hydrogens (primary N) is 1. The van der Waals surface area contributed by atoms with Gasteiger partial charge in [0, 0.05) is 29.4 Å². The maximum Gasteiger partial charge on any atom is 0.251 e. The van der Waals surface area contributed by atoms with E-state index in [0.717, 1.165) is 16.7 Å². The van der Waals surface area contributed by atoms with Crippen molar-refractivity contribution in [2.75, 3.05) is 40.2 Å². The minimum atomic E-state index is -0.260. The number of nitrogens with one attached hydrogen (secondary N) is 1. The molecular weight excluding hydrogens is 398 g/mol. The Morgan fingerprint density at radius 3 is 2.32 bits per heavy atom. The van der Waals surface area contributed by atoms with Crippen LogP contribution < -0.4 is 25.3 Å². The van der Waals surface area contributed by atoms with Crippen LogP contribution in [0.2, 0.25) is 0 Å². The highest BCUT2D eigenvalue weighted by Gasteiger charge is 2.17. The van der Waals surface area contributed by atoms with Crippen molar-refractivity contribution >= 4 is 11.7 Å². The lowest BCUT2D eigenvalue weighted by molar-refractivity contribution is 0.0945. The Kier molecular flexibility index (Phi) is 6.94. The quantitative estimate of drug-likeness (QED) is 0.510. The number of nitrogens with zero attached hydrogens (tertiary/aromatic N) is 1. The lowest BCUT2D eigenvalue weighted by Gasteiger charge is -2.15. The van der Waals surface area contributed by atoms with E-state index in [-0.39, 0.29) is 19.1 Å². The molecule has 0 saturated heterocycles. The van der Waals surface area contributed by atoms with Crippen molar-refractivity contribution in [3.63, 3.8) is 0 Å². The second-order valence-electron chi connectivity index (χ2n) is 6.63. The van der Waals surface area contributed by atoms with Crippen LogP contribution in [0, 0.1) is 0 Å². The van der Waals surface area contributed by atoms with Gasteiger partial charge in [-0.3, -0.25) is 4.79 Å². The van der Waals surface area contributed by atoms with Gasteiger partial charge in [-0.25, -0.2) is 4.98 Å². The molecule has 0 saturated carbocycles. The first-order valence-corrected chi connectivity index (χ1v) is 9.57. The summed E-state index contributed by atoms with van der Waals surface area (Å²) in [5.41, 5.74) is 9.68. The number of methoxy groups -OCH3 is 3. The molecule has 8 heteroatoms. The third kappa shape index (κ3) is 4.70. The summed E-state index contributed by atoms with van der Waals surface area (Å²) in [7, 11) is 4.64. The van der Waals surface area contributed by atoms with Crippen molar-refractivity contribution in [1.29, 1.82) is 0 Å². The second-order valence-corrected chi connectivity index (χ2v) is 6.63. The number of nitrogen functional groups attached to an aromatic ring is 1. The van der Waals surface area contributed by atoms with E-state index in [4.69, 9.17) is 25.1 Å². The van der Waals surface area contributed by atoms with Gasteiger partial charge in [0.1, 0.15) is 5.82 Å². The molecule has 0 aliphatic carbocycles. The predicted octanol–water partition coefficient (Wildman–Crippen LogP) is 2.75. The SMILES string of the molecule is COc1cc(-c2cc(-c3cccc(C(=O)NCCO)c3)cnc2N)cc(OC)c1OC. The number of aliphatic hydroxyl groups excluding tert-OH is 1. The van der Waals surface area contributed by atoms with Gasteiger partial charge in [0.15, 0.2) is 11.5 Å². The number of amides is 1. The van der Waals surface area contributed by atoms with Gasteiger partial charge in [-0.15, -0.1) is 0 Å². The summed E-state index contributed by atoms with van der Waals surface area (Å²) >= 11 is 0. The van der Waals surface area contributed by atoms with Crippen molar-refractivity contribution < 1.29 is 24.1 Å². The fourth-order valence-corrected chi connectivity index (χ4v) is 3.21. The largest absolute Gasteiger partial charge is 0.493 e. The molecule has 4 N–H and O–H groups in total. The highest BCUT2D eigenvalue weighted by Crippen LogP contribution is 2.42. The summed E-state index contributed by atoms with van der Waals surface area (Å²) in [5, 5.41) is 11.6. The van der Waals surface area contributed by atoms with Gasteiger partial charge in [-0.1, -0.05) is 12.1 Å². The van der Waals surface area contributed by atoms with Crippen LogP contribution in [0.15, 0.2) is 48.7 Å². The van der Waals surface area contributed by atoms with Crippen LogP contribution in [0.4, 0.5) is 5.82 Å². The minimum Gasteiger partial charge on any atom is -0.493 e. The van der Waals surface area contributed by atoms with Crippen molar-refractivity contribution in [2.24, 2.45) is 0 Å². The maximum absolute atomic E-state index is 12.2. The number of aliphatic hydroxyl groups is 1. The third-order valence-electron chi connectivity index (χ3n) is 4.75. The van der Waals surface area contributed by atoms with Crippen molar-refractivity contribution in [1.82, 2.24) is 10.3 Å². The van der Waals surface area contributed by atoms with Crippen LogP contribution in [-0.2, 0) is 0 Å². The molecular formula is C23H25N3O5. The molecule has 8 nitrogen and oxygen atoms in total. The number of rotatable bonds is 8. The molecule has 0 spiro atoms. The van der Waals surface area contributed by atoms with Gasteiger partial charge in [-0.05, 0) is 41.5 Å². The Morgan fingerprint density at radius 1 is 1.00 bits per heavy atom. The van der Waals surface area contributed by atoms with Crippen molar-refractivity contribution in [3.8, 4) is 39.5 Å². The van der Waals surface area contributed by atoms with Crippen LogP contribution in [0.25, 0.3) is 22.3 Å². The zero-order valence-electron chi connectivity index (χ0n) is 17.6. The summed E-state index contributed by atoms with van der Waals surface area (Å²) in [4.78, 5) is 16.6. The first-order valence-electron chi connectivity index (χ1n) is 9.57. The second kappa shape index (κ2) is 9.82. The van der Waals surface area contributed by atoms with E-state index in [1.165, 1.54) is 0 Å². The Morgan fingerprint density at radius 2 is 1.71 bits per heavy atom. The zero-order chi connectivity index (χ0) is 22.4. The molecule has 0 fully saturated rings. The van der Waals surface area contributed by atoms with Gasteiger partial charge in [0.05, 0.1) is 27.9 Å². The van der Waals surface area contributed by atoms with Crippen LogP contribution in [-0.4, -0.2) is 50.5 Å². The summed E-state index contributed by atoms with van der Waals surface area (Å²) < 4.78 is 16.3. The summed E-state index contributed by atoms with van der Waals surface area (Å²) in [5.74, 6) is 1.57. The topological polar surface area (TPSA) is 116 Å². The molecule has 3 aromatic rings. The highest BCUT2D eigenvalue weighted by atomic mass is 16.5. The van der Waals surface area contributed by atoms with Crippen LogP contribution in [0.1, 0.15) is 10.4 Å². The molecule has 0 aliphatic rings. The average molecular weight is 423 g/mol. The van der Waals surface area contributed by atoms with Gasteiger partial charge in [-0.2, -0.15) is 0 Å². The van der Waals surface area contributed by atoms with Crippen LogP contribution >= 0.6 is 0 Å². The number of carbonyl (C=O) groups is 1. The number of benzene rings is 2. The molecule has 2 aromatic carbocycles. The molecule has 0 aliphatic heterocycles. The first-order chi connectivity index (χ1) is 15.0. The number of aromatic nitrogens is 1. The summed E-state index contributed by atoms with van der Waals surface area (Å²) in [6.45, 7) is 0.0726. The third-order valence-corrected chi connectivity index (χ3v) is 4.75. The molecule has 1 aromatic heterocycles. The van der Waals surface area contributed by atoms with Crippen molar-refractivity contribution in [2.45, 2.75) is 0 Å². The number of hydrogen-bond donors (Lipinski definition) is 3. The van der Waals surface area contributed by atoms with Gasteiger partial charge < -0.3 is 30.4 Å². The van der Waals surface area contributed by atoms with Gasteiger partial charge >= 0.3 is 0 Å². The molecule has 0 radical (unpaired) electrons. The molecule has 0 bridgehead atoms. The number of hydrogen-bond acceptors (Lipinski definition) is 7. The molecule has 162 valence electrons. The molecule has 1 heterocycles. The van der Waals surface area contributed by atoms with E-state index in [9.17, 15) is 4.79 Å². The molecule has 3 rings (SSSR count). The molecule has 1 amide bonds. The predicted molar refractivity (Wildman–Crippen MR) is 119 cm³/mol. The molecule has 0 unspecified atom stereocenters. The Bertz CT molecular complexity index is 1060. The molecule has 31 heavy (non-hydrogen) atoms. The highest BCUT2D eigenvalue weighted by molar-refractivity contribution is 5.95. The van der Waals surface area contributed by atoms with E-state index in [1.54, 1.807) is 57.9 Å². The molecule has 0 atom stereocenters. The van der Waals surface area contributed by atoms with Crippen LogP contribution in [0.5, 0.6) is 17.2 Å². The Hall–Kier alpha value is -3.78. The van der Waals surface area contributed by atoms with E-state index in [1.807, 2.05) is 12.1 Å². The average Bonchev–Trinajstić information content (AvgIpc) is 2.81. The minimum absolute atomic E-state index is 0.120. The smallest absolute Gasteiger partial charge is 0.251 e. The van der Waals surface area contributed by atoms with Gasteiger partial charge in [0.2, 0.25) is 5.75 Å². The fraction of sp³-hybridized carbons (Fsp3) is 0.217. The summed E-state index contributed by atoms with van der Waals surface area (Å²) in [6.07, 6.45) is 1.65. The van der Waals surface area contributed by atoms with E-state index in [0.29, 0.717) is 34.2 Å². The monoisotopic (exact) mass is 423 g/mol. The van der Waals surface area contributed by atoms with Crippen molar-refractivity contribution in [3.05, 3.63) is 54.2 Å². The number of pyridine rings is 1. The van der Waals surface area contributed by atoms with Gasteiger partial charge in [0.25, 0.3) is 5.91 Å². The zero-order valence-corrected chi connectivity index (χ0v) is 17.6. The first kappa shape index (κ1) is 21.9. The Balaban J connectivity index is 2.05. The standard InChI is InChI=1S/C23H25N3O5/c1-29-19-11-16(12-20(30-2)21(19)31-3)18-10-17(13-26-22(18)24)14-5-4-6-15(9-14)23(28)25-7-8-27/h4-6,9-13,27H,7-8H2,1-3H3,(H2,24,26)(H,25,28). The Labute approximate surface area is 180 Å². The fourth-order valence-electron chi connectivity index (χ4n) is 3.21. The van der Waals surface area contributed by atoms with E-state index >= 15 is 0 Å². The number of anilines is 1. The van der Waals surface area contributed by atoms with E-state index < -0.39 is 0 Å². The number of ether oxygens (including phenoxy) is 3.